The molecule has 1 aromatic carbocycles. The maximum absolute atomic E-state index is 12.1. The summed E-state index contributed by atoms with van der Waals surface area (Å²) in [4.78, 5) is 24.0. The summed E-state index contributed by atoms with van der Waals surface area (Å²) in [5.41, 5.74) is 2.01. The van der Waals surface area contributed by atoms with Crippen molar-refractivity contribution in [2.75, 3.05) is 10.6 Å². The second-order valence-electron chi connectivity index (χ2n) is 6.45. The number of fused-ring (bicyclic) bond motifs is 1. The number of carbonyl (C=O) groups excluding carboxylic acids is 2. The Morgan fingerprint density at radius 1 is 1.40 bits per heavy atom. The summed E-state index contributed by atoms with van der Waals surface area (Å²) in [7, 11) is 0. The quantitative estimate of drug-likeness (QED) is 0.889. The van der Waals surface area contributed by atoms with Crippen LogP contribution in [-0.4, -0.2) is 11.8 Å². The summed E-state index contributed by atoms with van der Waals surface area (Å²) in [5, 5.41) is 5.83. The van der Waals surface area contributed by atoms with Gasteiger partial charge < -0.3 is 10.6 Å². The monoisotopic (exact) mass is 272 g/mol. The highest BCUT2D eigenvalue weighted by atomic mass is 16.2. The molecule has 1 atom stereocenters. The molecular weight excluding hydrogens is 252 g/mol. The molecule has 1 saturated carbocycles. The van der Waals surface area contributed by atoms with Gasteiger partial charge in [0.25, 0.3) is 0 Å². The lowest BCUT2D eigenvalue weighted by atomic mass is 9.86. The van der Waals surface area contributed by atoms with Crippen molar-refractivity contribution >= 4 is 23.2 Å². The van der Waals surface area contributed by atoms with Gasteiger partial charge in [0.15, 0.2) is 0 Å². The number of anilines is 2. The van der Waals surface area contributed by atoms with Gasteiger partial charge in [-0.1, -0.05) is 6.92 Å². The highest BCUT2D eigenvalue weighted by Crippen LogP contribution is 2.40. The van der Waals surface area contributed by atoms with Crippen molar-refractivity contribution < 1.29 is 9.59 Å². The first-order valence-electron chi connectivity index (χ1n) is 7.16. The van der Waals surface area contributed by atoms with Crippen LogP contribution in [0, 0.1) is 11.8 Å². The zero-order chi connectivity index (χ0) is 14.5. The van der Waals surface area contributed by atoms with Crippen LogP contribution in [-0.2, 0) is 15.0 Å². The number of rotatable bonds is 3. The molecule has 1 aliphatic heterocycles. The topological polar surface area (TPSA) is 58.2 Å². The number of amides is 2. The Morgan fingerprint density at radius 2 is 2.10 bits per heavy atom. The van der Waals surface area contributed by atoms with Crippen LogP contribution in [0.4, 0.5) is 11.4 Å². The average Bonchev–Trinajstić information content (AvgIpc) is 3.20. The van der Waals surface area contributed by atoms with E-state index in [1.54, 1.807) is 0 Å². The van der Waals surface area contributed by atoms with Crippen molar-refractivity contribution in [2.24, 2.45) is 11.8 Å². The molecule has 0 saturated heterocycles. The third-order valence-corrected chi connectivity index (χ3v) is 4.52. The van der Waals surface area contributed by atoms with E-state index in [0.29, 0.717) is 5.92 Å². The molecule has 0 radical (unpaired) electrons. The highest BCUT2D eigenvalue weighted by Gasteiger charge is 2.38. The van der Waals surface area contributed by atoms with E-state index in [4.69, 9.17) is 0 Å². The molecule has 2 amide bonds. The van der Waals surface area contributed by atoms with Crippen LogP contribution < -0.4 is 10.6 Å². The second-order valence-corrected chi connectivity index (χ2v) is 6.45. The zero-order valence-electron chi connectivity index (χ0n) is 12.1. The molecule has 1 heterocycles. The van der Waals surface area contributed by atoms with Gasteiger partial charge in [0, 0.05) is 17.3 Å². The van der Waals surface area contributed by atoms with Gasteiger partial charge in [-0.15, -0.1) is 0 Å². The minimum Gasteiger partial charge on any atom is -0.326 e. The van der Waals surface area contributed by atoms with E-state index >= 15 is 0 Å². The zero-order valence-corrected chi connectivity index (χ0v) is 12.1. The summed E-state index contributed by atoms with van der Waals surface area (Å²) < 4.78 is 0. The SMILES string of the molecule is CC(C(=O)Nc1ccc2c(c1)C(C)(C)C(=O)N2)C1CC1. The standard InChI is InChI=1S/C16H20N2O2/c1-9(10-4-5-10)14(19)17-11-6-7-13-12(8-11)16(2,3)15(20)18-13/h6-10H,4-5H2,1-3H3,(H,17,19)(H,18,20). The molecule has 0 bridgehead atoms. The number of benzene rings is 1. The van der Waals surface area contributed by atoms with E-state index in [-0.39, 0.29) is 17.7 Å². The van der Waals surface area contributed by atoms with E-state index in [2.05, 4.69) is 10.6 Å². The Hall–Kier alpha value is -1.84. The van der Waals surface area contributed by atoms with E-state index in [0.717, 1.165) is 29.8 Å². The number of nitrogens with one attached hydrogen (secondary N) is 2. The Morgan fingerprint density at radius 3 is 2.75 bits per heavy atom. The van der Waals surface area contributed by atoms with E-state index < -0.39 is 5.41 Å². The van der Waals surface area contributed by atoms with Gasteiger partial charge >= 0.3 is 0 Å². The van der Waals surface area contributed by atoms with Crippen molar-refractivity contribution in [1.29, 1.82) is 0 Å². The summed E-state index contributed by atoms with van der Waals surface area (Å²) in [6, 6.07) is 5.61. The lowest BCUT2D eigenvalue weighted by Gasteiger charge is -2.17. The van der Waals surface area contributed by atoms with E-state index in [1.165, 1.54) is 0 Å². The fraction of sp³-hybridized carbons (Fsp3) is 0.500. The minimum atomic E-state index is -0.543. The Balaban J connectivity index is 1.81. The number of hydrogen-bond acceptors (Lipinski definition) is 2. The molecule has 2 N–H and O–H groups in total. The maximum Gasteiger partial charge on any atom is 0.234 e. The molecule has 1 aliphatic carbocycles. The summed E-state index contributed by atoms with van der Waals surface area (Å²) in [6.45, 7) is 5.77. The molecule has 1 fully saturated rings. The Labute approximate surface area is 118 Å². The number of carbonyl (C=O) groups is 2. The van der Waals surface area contributed by atoms with E-state index in [9.17, 15) is 9.59 Å². The lowest BCUT2D eigenvalue weighted by Crippen LogP contribution is -2.27. The highest BCUT2D eigenvalue weighted by molar-refractivity contribution is 6.06. The van der Waals surface area contributed by atoms with Gasteiger partial charge in [-0.2, -0.15) is 0 Å². The third-order valence-electron chi connectivity index (χ3n) is 4.52. The fourth-order valence-electron chi connectivity index (χ4n) is 2.72. The third kappa shape index (κ3) is 2.09. The van der Waals surface area contributed by atoms with Crippen LogP contribution in [0.3, 0.4) is 0 Å². The van der Waals surface area contributed by atoms with Gasteiger partial charge in [0.05, 0.1) is 5.41 Å². The van der Waals surface area contributed by atoms with Gasteiger partial charge in [0.1, 0.15) is 0 Å². The maximum atomic E-state index is 12.1. The minimum absolute atomic E-state index is 0.00215. The Kier molecular flexibility index (Phi) is 2.85. The predicted molar refractivity (Wildman–Crippen MR) is 78.6 cm³/mol. The van der Waals surface area contributed by atoms with Gasteiger partial charge in [-0.3, -0.25) is 9.59 Å². The van der Waals surface area contributed by atoms with E-state index in [1.807, 2.05) is 39.0 Å². The molecule has 2 aliphatic rings. The molecular formula is C16H20N2O2. The Bertz CT molecular complexity index is 588. The smallest absolute Gasteiger partial charge is 0.234 e. The average molecular weight is 272 g/mol. The molecule has 20 heavy (non-hydrogen) atoms. The molecule has 106 valence electrons. The normalized spacial score (nSPS) is 21.1. The van der Waals surface area contributed by atoms with Gasteiger partial charge in [0.2, 0.25) is 11.8 Å². The lowest BCUT2D eigenvalue weighted by molar-refractivity contribution is -0.120. The van der Waals surface area contributed by atoms with Crippen LogP contribution >= 0.6 is 0 Å². The van der Waals surface area contributed by atoms with Crippen molar-refractivity contribution in [2.45, 2.75) is 39.0 Å². The molecule has 0 spiro atoms. The van der Waals surface area contributed by atoms with Crippen LogP contribution in [0.25, 0.3) is 0 Å². The summed E-state index contributed by atoms with van der Waals surface area (Å²) in [6.07, 6.45) is 2.31. The van der Waals surface area contributed by atoms with Crippen LogP contribution in [0.15, 0.2) is 18.2 Å². The fourth-order valence-corrected chi connectivity index (χ4v) is 2.72. The van der Waals surface area contributed by atoms with Crippen molar-refractivity contribution in [3.63, 3.8) is 0 Å². The molecule has 0 aromatic heterocycles. The molecule has 4 heteroatoms. The molecule has 1 unspecified atom stereocenters. The molecule has 1 aromatic rings. The van der Waals surface area contributed by atoms with Crippen molar-refractivity contribution in [1.82, 2.24) is 0 Å². The van der Waals surface area contributed by atoms with Crippen LogP contribution in [0.1, 0.15) is 39.2 Å². The predicted octanol–water partition coefficient (Wildman–Crippen LogP) is 2.90. The number of hydrogen-bond donors (Lipinski definition) is 2. The van der Waals surface area contributed by atoms with Gasteiger partial charge in [-0.25, -0.2) is 0 Å². The van der Waals surface area contributed by atoms with Crippen LogP contribution in [0.2, 0.25) is 0 Å². The first kappa shape index (κ1) is 13.2. The van der Waals surface area contributed by atoms with Crippen molar-refractivity contribution in [3.8, 4) is 0 Å². The van der Waals surface area contributed by atoms with Gasteiger partial charge in [-0.05, 0) is 56.4 Å². The first-order valence-corrected chi connectivity index (χ1v) is 7.16. The van der Waals surface area contributed by atoms with Crippen LogP contribution in [0.5, 0.6) is 0 Å². The second kappa shape index (κ2) is 4.33. The summed E-state index contributed by atoms with van der Waals surface area (Å²) in [5.74, 6) is 0.685. The first-order chi connectivity index (χ1) is 9.39. The molecule has 3 rings (SSSR count). The molecule has 4 nitrogen and oxygen atoms in total. The largest absolute Gasteiger partial charge is 0.326 e. The van der Waals surface area contributed by atoms with Crippen molar-refractivity contribution in [3.05, 3.63) is 23.8 Å². The summed E-state index contributed by atoms with van der Waals surface area (Å²) >= 11 is 0.